The first-order chi connectivity index (χ1) is 13.3. The number of benzene rings is 3. The van der Waals surface area contributed by atoms with E-state index in [0.717, 1.165) is 17.2 Å². The molecule has 3 aromatic carbocycles. The number of halogens is 1. The monoisotopic (exact) mass is 416 g/mol. The molecule has 0 aliphatic rings. The van der Waals surface area contributed by atoms with Crippen LogP contribution < -0.4 is 4.31 Å². The van der Waals surface area contributed by atoms with Crippen LogP contribution in [0, 0.1) is 17.0 Å². The van der Waals surface area contributed by atoms with Gasteiger partial charge >= 0.3 is 0 Å². The fraction of sp³-hybridized carbons (Fsp3) is 0.100. The molecule has 8 heteroatoms. The van der Waals surface area contributed by atoms with Crippen molar-refractivity contribution in [3.8, 4) is 0 Å². The van der Waals surface area contributed by atoms with Crippen LogP contribution >= 0.6 is 11.6 Å². The Labute approximate surface area is 168 Å². The summed E-state index contributed by atoms with van der Waals surface area (Å²) in [5.74, 6) is 0. The largest absolute Gasteiger partial charge is 0.270 e. The molecule has 0 N–H and O–H groups in total. The summed E-state index contributed by atoms with van der Waals surface area (Å²) < 4.78 is 27.9. The van der Waals surface area contributed by atoms with E-state index in [0.29, 0.717) is 10.7 Å². The highest BCUT2D eigenvalue weighted by molar-refractivity contribution is 7.92. The zero-order valence-electron chi connectivity index (χ0n) is 14.9. The lowest BCUT2D eigenvalue weighted by molar-refractivity contribution is -0.385. The van der Waals surface area contributed by atoms with Crippen LogP contribution in [0.15, 0.2) is 77.7 Å². The highest BCUT2D eigenvalue weighted by atomic mass is 35.5. The van der Waals surface area contributed by atoms with Gasteiger partial charge in [0.15, 0.2) is 0 Å². The maximum absolute atomic E-state index is 13.4. The third kappa shape index (κ3) is 4.32. The maximum atomic E-state index is 13.4. The second-order valence-corrected chi connectivity index (χ2v) is 8.53. The summed E-state index contributed by atoms with van der Waals surface area (Å²) in [4.78, 5) is 10.3. The van der Waals surface area contributed by atoms with Crippen LogP contribution in [0.5, 0.6) is 0 Å². The van der Waals surface area contributed by atoms with Crippen LogP contribution in [-0.4, -0.2) is 13.3 Å². The van der Waals surface area contributed by atoms with Crippen molar-refractivity contribution in [2.24, 2.45) is 0 Å². The van der Waals surface area contributed by atoms with Crippen molar-refractivity contribution >= 4 is 33.0 Å². The maximum Gasteiger partial charge on any atom is 0.270 e. The first-order valence-electron chi connectivity index (χ1n) is 8.36. The second-order valence-electron chi connectivity index (χ2n) is 6.23. The average Bonchev–Trinajstić information content (AvgIpc) is 2.67. The molecule has 144 valence electrons. The van der Waals surface area contributed by atoms with Crippen LogP contribution in [0.4, 0.5) is 11.4 Å². The lowest BCUT2D eigenvalue weighted by Gasteiger charge is -2.25. The molecule has 0 spiro atoms. The number of anilines is 1. The molecule has 3 rings (SSSR count). The van der Waals surface area contributed by atoms with Gasteiger partial charge in [-0.1, -0.05) is 47.5 Å². The molecule has 0 bridgehead atoms. The van der Waals surface area contributed by atoms with Gasteiger partial charge in [-0.15, -0.1) is 0 Å². The summed E-state index contributed by atoms with van der Waals surface area (Å²) in [7, 11) is -4.05. The predicted molar refractivity (Wildman–Crippen MR) is 109 cm³/mol. The fourth-order valence-electron chi connectivity index (χ4n) is 2.78. The Bertz CT molecular complexity index is 1120. The average molecular weight is 417 g/mol. The van der Waals surface area contributed by atoms with Gasteiger partial charge in [-0.3, -0.25) is 14.4 Å². The van der Waals surface area contributed by atoms with Crippen molar-refractivity contribution in [2.45, 2.75) is 18.4 Å². The van der Waals surface area contributed by atoms with Crippen molar-refractivity contribution in [3.63, 3.8) is 0 Å². The van der Waals surface area contributed by atoms with Crippen LogP contribution in [0.2, 0.25) is 5.02 Å². The van der Waals surface area contributed by atoms with Crippen molar-refractivity contribution < 1.29 is 13.3 Å². The molecule has 0 saturated carbocycles. The minimum atomic E-state index is -4.05. The molecule has 6 nitrogen and oxygen atoms in total. The van der Waals surface area contributed by atoms with Crippen LogP contribution in [0.25, 0.3) is 0 Å². The van der Waals surface area contributed by atoms with Crippen molar-refractivity contribution in [3.05, 3.63) is 99.1 Å². The molecule has 0 aromatic heterocycles. The molecule has 0 amide bonds. The van der Waals surface area contributed by atoms with E-state index in [-0.39, 0.29) is 17.1 Å². The van der Waals surface area contributed by atoms with Crippen LogP contribution in [-0.2, 0) is 16.6 Å². The Balaban J connectivity index is 2.10. The fourth-order valence-corrected chi connectivity index (χ4v) is 4.40. The molecule has 0 aliphatic heterocycles. The lowest BCUT2D eigenvalue weighted by atomic mass is 10.1. The van der Waals surface area contributed by atoms with E-state index in [2.05, 4.69) is 0 Å². The molecule has 0 heterocycles. The summed E-state index contributed by atoms with van der Waals surface area (Å²) in [6, 6.07) is 18.9. The molecule has 3 aromatic rings. The molecule has 0 fully saturated rings. The number of nitro benzene ring substituents is 1. The Morgan fingerprint density at radius 2 is 1.68 bits per heavy atom. The van der Waals surface area contributed by atoms with Gasteiger partial charge in [0, 0.05) is 17.2 Å². The Kier molecular flexibility index (Phi) is 5.67. The minimum Gasteiger partial charge on any atom is -0.262 e. The van der Waals surface area contributed by atoms with Gasteiger partial charge in [-0.2, -0.15) is 0 Å². The second kappa shape index (κ2) is 8.00. The molecule has 0 aliphatic carbocycles. The third-order valence-corrected chi connectivity index (χ3v) is 6.16. The third-order valence-electron chi connectivity index (χ3n) is 4.14. The van der Waals surface area contributed by atoms with E-state index in [1.807, 2.05) is 31.2 Å². The normalized spacial score (nSPS) is 11.2. The highest BCUT2D eigenvalue weighted by Gasteiger charge is 2.27. The van der Waals surface area contributed by atoms with Crippen molar-refractivity contribution in [2.75, 3.05) is 4.31 Å². The molecule has 0 saturated heterocycles. The van der Waals surface area contributed by atoms with E-state index in [1.54, 1.807) is 24.3 Å². The van der Waals surface area contributed by atoms with Gasteiger partial charge in [-0.25, -0.2) is 8.42 Å². The standard InChI is InChI=1S/C20H17ClN2O4S/c1-15-4-2-5-16(12-15)14-22(18-10-8-17(21)9-11-18)28(26,27)20-7-3-6-19(13-20)23(24)25/h2-13H,14H2,1H3. The molecular weight excluding hydrogens is 400 g/mol. The van der Waals surface area contributed by atoms with Crippen LogP contribution in [0.1, 0.15) is 11.1 Å². The van der Waals surface area contributed by atoms with E-state index < -0.39 is 14.9 Å². The van der Waals surface area contributed by atoms with Gasteiger partial charge < -0.3 is 0 Å². The van der Waals surface area contributed by atoms with Gasteiger partial charge in [0.1, 0.15) is 0 Å². The summed E-state index contributed by atoms with van der Waals surface area (Å²) in [6.45, 7) is 2.00. The number of rotatable bonds is 6. The zero-order chi connectivity index (χ0) is 20.3. The van der Waals surface area contributed by atoms with E-state index in [9.17, 15) is 18.5 Å². The summed E-state index contributed by atoms with van der Waals surface area (Å²) >= 11 is 5.94. The van der Waals surface area contributed by atoms with Crippen molar-refractivity contribution in [1.82, 2.24) is 0 Å². The quantitative estimate of drug-likeness (QED) is 0.420. The summed E-state index contributed by atoms with van der Waals surface area (Å²) in [5.41, 5.74) is 1.93. The number of non-ortho nitro benzene ring substituents is 1. The number of nitrogens with zero attached hydrogens (tertiary/aromatic N) is 2. The van der Waals surface area contributed by atoms with Gasteiger partial charge in [0.05, 0.1) is 22.1 Å². The van der Waals surface area contributed by atoms with E-state index in [4.69, 9.17) is 11.6 Å². The molecular formula is C20H17ClN2O4S. The minimum absolute atomic E-state index is 0.0777. The lowest BCUT2D eigenvalue weighted by Crippen LogP contribution is -2.30. The number of aryl methyl sites for hydroxylation is 1. The van der Waals surface area contributed by atoms with Gasteiger partial charge in [-0.05, 0) is 42.8 Å². The first-order valence-corrected chi connectivity index (χ1v) is 10.2. The van der Waals surface area contributed by atoms with Gasteiger partial charge in [0.25, 0.3) is 15.7 Å². The topological polar surface area (TPSA) is 80.5 Å². The SMILES string of the molecule is Cc1cccc(CN(c2ccc(Cl)cc2)S(=O)(=O)c2cccc([N+](=O)[O-])c2)c1. The Morgan fingerprint density at radius 3 is 2.32 bits per heavy atom. The summed E-state index contributed by atoms with van der Waals surface area (Å²) in [5, 5.41) is 11.5. The molecule has 28 heavy (non-hydrogen) atoms. The molecule has 0 atom stereocenters. The first kappa shape index (κ1) is 19.9. The Morgan fingerprint density at radius 1 is 1.00 bits per heavy atom. The van der Waals surface area contributed by atoms with E-state index >= 15 is 0 Å². The zero-order valence-corrected chi connectivity index (χ0v) is 16.5. The molecule has 0 radical (unpaired) electrons. The van der Waals surface area contributed by atoms with Crippen molar-refractivity contribution in [1.29, 1.82) is 0 Å². The number of sulfonamides is 1. The predicted octanol–water partition coefficient (Wildman–Crippen LogP) is 4.95. The number of hydrogen-bond acceptors (Lipinski definition) is 4. The summed E-state index contributed by atoms with van der Waals surface area (Å²) in [6.07, 6.45) is 0. The Hall–Kier alpha value is -2.90. The smallest absolute Gasteiger partial charge is 0.262 e. The van der Waals surface area contributed by atoms with E-state index in [1.165, 1.54) is 22.5 Å². The molecule has 0 unspecified atom stereocenters. The number of nitro groups is 1. The van der Waals surface area contributed by atoms with Crippen LogP contribution in [0.3, 0.4) is 0 Å². The number of hydrogen-bond donors (Lipinski definition) is 0. The highest BCUT2D eigenvalue weighted by Crippen LogP contribution is 2.29. The van der Waals surface area contributed by atoms with Gasteiger partial charge in [0.2, 0.25) is 0 Å².